The predicted octanol–water partition coefficient (Wildman–Crippen LogP) is 1.16. The molecule has 0 bridgehead atoms. The Morgan fingerprint density at radius 3 is 2.47 bits per heavy atom. The van der Waals surface area contributed by atoms with Crippen molar-refractivity contribution in [3.63, 3.8) is 0 Å². The first-order chi connectivity index (χ1) is 7.98. The lowest BCUT2D eigenvalue weighted by atomic mass is 9.95. The topological polar surface area (TPSA) is 63.6 Å². The Hall–Kier alpha value is -0.910. The van der Waals surface area contributed by atoms with Gasteiger partial charge in [-0.15, -0.1) is 0 Å². The van der Waals surface area contributed by atoms with Crippen molar-refractivity contribution in [3.05, 3.63) is 29.8 Å². The zero-order valence-electron chi connectivity index (χ0n) is 9.67. The molecule has 1 N–H and O–H groups in total. The van der Waals surface area contributed by atoms with Crippen molar-refractivity contribution in [1.29, 1.82) is 0 Å². The van der Waals surface area contributed by atoms with Crippen LogP contribution in [0.2, 0.25) is 0 Å². The van der Waals surface area contributed by atoms with E-state index in [1.807, 2.05) is 0 Å². The molecule has 94 valence electrons. The van der Waals surface area contributed by atoms with E-state index in [2.05, 4.69) is 0 Å². The van der Waals surface area contributed by atoms with Crippen LogP contribution >= 0.6 is 0 Å². The quantitative estimate of drug-likeness (QED) is 0.881. The highest BCUT2D eigenvalue weighted by atomic mass is 32.2. The SMILES string of the molecule is CS(=O)(=O)c1ccc(C(O)C2CCOC2)cc1. The average Bonchev–Trinajstić information content (AvgIpc) is 2.80. The largest absolute Gasteiger partial charge is 0.388 e. The fraction of sp³-hybridized carbons (Fsp3) is 0.500. The zero-order valence-corrected chi connectivity index (χ0v) is 10.5. The molecule has 1 heterocycles. The van der Waals surface area contributed by atoms with Gasteiger partial charge in [0.2, 0.25) is 0 Å². The third-order valence-corrected chi connectivity index (χ3v) is 4.19. The van der Waals surface area contributed by atoms with Gasteiger partial charge in [-0.1, -0.05) is 12.1 Å². The minimum absolute atomic E-state index is 0.110. The minimum atomic E-state index is -3.17. The van der Waals surface area contributed by atoms with Crippen LogP contribution < -0.4 is 0 Å². The van der Waals surface area contributed by atoms with Gasteiger partial charge in [0.05, 0.1) is 17.6 Å². The van der Waals surface area contributed by atoms with E-state index in [1.54, 1.807) is 12.1 Å². The second kappa shape index (κ2) is 4.76. The fourth-order valence-corrected chi connectivity index (χ4v) is 2.62. The van der Waals surface area contributed by atoms with Crippen LogP contribution in [-0.2, 0) is 14.6 Å². The Morgan fingerprint density at radius 1 is 1.35 bits per heavy atom. The van der Waals surface area contributed by atoms with E-state index in [9.17, 15) is 13.5 Å². The molecule has 2 rings (SSSR count). The molecular weight excluding hydrogens is 240 g/mol. The van der Waals surface area contributed by atoms with Gasteiger partial charge in [-0.05, 0) is 24.1 Å². The van der Waals surface area contributed by atoms with Crippen LogP contribution in [0.4, 0.5) is 0 Å². The normalized spacial score (nSPS) is 22.6. The van der Waals surface area contributed by atoms with E-state index in [1.165, 1.54) is 18.4 Å². The Kier molecular flexibility index (Phi) is 3.51. The van der Waals surface area contributed by atoms with E-state index in [0.29, 0.717) is 13.2 Å². The third-order valence-electron chi connectivity index (χ3n) is 3.06. The molecule has 4 nitrogen and oxygen atoms in total. The number of hydrogen-bond acceptors (Lipinski definition) is 4. The maximum Gasteiger partial charge on any atom is 0.175 e. The summed E-state index contributed by atoms with van der Waals surface area (Å²) in [6.07, 6.45) is 1.43. The Balaban J connectivity index is 2.17. The Bertz CT molecular complexity index is 472. The maximum atomic E-state index is 11.3. The van der Waals surface area contributed by atoms with E-state index in [0.717, 1.165) is 12.0 Å². The lowest BCUT2D eigenvalue weighted by molar-refractivity contribution is 0.0917. The first-order valence-corrected chi connectivity index (χ1v) is 7.43. The molecule has 2 atom stereocenters. The molecule has 17 heavy (non-hydrogen) atoms. The molecule has 1 aromatic carbocycles. The van der Waals surface area contributed by atoms with Crippen molar-refractivity contribution in [3.8, 4) is 0 Å². The molecule has 0 aromatic heterocycles. The molecule has 1 aliphatic heterocycles. The maximum absolute atomic E-state index is 11.3. The highest BCUT2D eigenvalue weighted by molar-refractivity contribution is 7.90. The molecule has 0 saturated carbocycles. The van der Waals surface area contributed by atoms with Crippen LogP contribution in [0.1, 0.15) is 18.1 Å². The van der Waals surface area contributed by atoms with Gasteiger partial charge in [0.25, 0.3) is 0 Å². The summed E-state index contributed by atoms with van der Waals surface area (Å²) in [5.41, 5.74) is 0.743. The van der Waals surface area contributed by atoms with Gasteiger partial charge in [-0.3, -0.25) is 0 Å². The summed E-state index contributed by atoms with van der Waals surface area (Å²) >= 11 is 0. The van der Waals surface area contributed by atoms with Gasteiger partial charge in [-0.25, -0.2) is 8.42 Å². The second-order valence-electron chi connectivity index (χ2n) is 4.41. The monoisotopic (exact) mass is 256 g/mol. The molecule has 5 heteroatoms. The van der Waals surface area contributed by atoms with Crippen LogP contribution in [0.25, 0.3) is 0 Å². The molecular formula is C12H16O4S. The van der Waals surface area contributed by atoms with E-state index >= 15 is 0 Å². The molecule has 0 radical (unpaired) electrons. The number of ether oxygens (including phenoxy) is 1. The molecule has 0 spiro atoms. The van der Waals surface area contributed by atoms with Crippen molar-refractivity contribution in [2.24, 2.45) is 5.92 Å². The average molecular weight is 256 g/mol. The van der Waals surface area contributed by atoms with Gasteiger partial charge in [-0.2, -0.15) is 0 Å². The predicted molar refractivity (Wildman–Crippen MR) is 63.4 cm³/mol. The lowest BCUT2D eigenvalue weighted by Crippen LogP contribution is -2.12. The molecule has 0 amide bonds. The van der Waals surface area contributed by atoms with Crippen LogP contribution in [0.5, 0.6) is 0 Å². The van der Waals surface area contributed by atoms with E-state index in [-0.39, 0.29) is 10.8 Å². The lowest BCUT2D eigenvalue weighted by Gasteiger charge is -2.16. The van der Waals surface area contributed by atoms with Crippen molar-refractivity contribution < 1.29 is 18.3 Å². The minimum Gasteiger partial charge on any atom is -0.388 e. The number of rotatable bonds is 3. The standard InChI is InChI=1S/C12H16O4S/c1-17(14,15)11-4-2-9(3-5-11)12(13)10-6-7-16-8-10/h2-5,10,12-13H,6-8H2,1H3. The van der Waals surface area contributed by atoms with Gasteiger partial charge in [0.15, 0.2) is 9.84 Å². The summed E-state index contributed by atoms with van der Waals surface area (Å²) < 4.78 is 27.8. The Labute approximate surface area is 101 Å². The molecule has 0 aliphatic carbocycles. The van der Waals surface area contributed by atoms with Crippen molar-refractivity contribution in [2.75, 3.05) is 19.5 Å². The van der Waals surface area contributed by atoms with Gasteiger partial charge in [0, 0.05) is 18.8 Å². The van der Waals surface area contributed by atoms with Crippen molar-refractivity contribution in [2.45, 2.75) is 17.4 Å². The summed E-state index contributed by atoms with van der Waals surface area (Å²) in [5, 5.41) is 10.1. The third kappa shape index (κ3) is 2.86. The highest BCUT2D eigenvalue weighted by Gasteiger charge is 2.25. The van der Waals surface area contributed by atoms with Crippen molar-refractivity contribution in [1.82, 2.24) is 0 Å². The molecule has 1 saturated heterocycles. The van der Waals surface area contributed by atoms with Gasteiger partial charge >= 0.3 is 0 Å². The summed E-state index contributed by atoms with van der Waals surface area (Å²) in [6.45, 7) is 1.25. The molecule has 1 aliphatic rings. The number of aliphatic hydroxyl groups excluding tert-OH is 1. The number of aliphatic hydroxyl groups is 1. The summed E-state index contributed by atoms with van der Waals surface area (Å²) in [6, 6.07) is 6.39. The molecule has 2 unspecified atom stereocenters. The molecule has 1 fully saturated rings. The zero-order chi connectivity index (χ0) is 12.5. The number of benzene rings is 1. The van der Waals surface area contributed by atoms with Crippen LogP contribution in [0.15, 0.2) is 29.2 Å². The summed E-state index contributed by atoms with van der Waals surface area (Å²) in [4.78, 5) is 0.274. The Morgan fingerprint density at radius 2 is 2.00 bits per heavy atom. The summed E-state index contributed by atoms with van der Waals surface area (Å²) in [7, 11) is -3.17. The highest BCUT2D eigenvalue weighted by Crippen LogP contribution is 2.29. The van der Waals surface area contributed by atoms with Crippen LogP contribution in [-0.4, -0.2) is 33.0 Å². The number of sulfone groups is 1. The first kappa shape index (κ1) is 12.5. The fourth-order valence-electron chi connectivity index (χ4n) is 1.99. The number of hydrogen-bond donors (Lipinski definition) is 1. The van der Waals surface area contributed by atoms with E-state index in [4.69, 9.17) is 4.74 Å². The summed E-state index contributed by atoms with van der Waals surface area (Å²) in [5.74, 6) is 0.110. The smallest absolute Gasteiger partial charge is 0.175 e. The van der Waals surface area contributed by atoms with E-state index < -0.39 is 15.9 Å². The van der Waals surface area contributed by atoms with Gasteiger partial charge < -0.3 is 9.84 Å². The van der Waals surface area contributed by atoms with Gasteiger partial charge in [0.1, 0.15) is 0 Å². The van der Waals surface area contributed by atoms with Crippen LogP contribution in [0.3, 0.4) is 0 Å². The second-order valence-corrected chi connectivity index (χ2v) is 6.43. The van der Waals surface area contributed by atoms with Crippen molar-refractivity contribution >= 4 is 9.84 Å². The molecule has 1 aromatic rings. The van der Waals surface area contributed by atoms with Crippen LogP contribution in [0, 0.1) is 5.92 Å². The first-order valence-electron chi connectivity index (χ1n) is 5.54.